The van der Waals surface area contributed by atoms with E-state index in [0.29, 0.717) is 38.0 Å². The molecule has 4 aromatic rings. The number of benzene rings is 1. The summed E-state index contributed by atoms with van der Waals surface area (Å²) in [5.41, 5.74) is 1.51. The van der Waals surface area contributed by atoms with E-state index in [1.165, 1.54) is 29.2 Å². The van der Waals surface area contributed by atoms with Crippen LogP contribution in [-0.2, 0) is 5.75 Å². The predicted octanol–water partition coefficient (Wildman–Crippen LogP) is 4.11. The molecule has 0 saturated heterocycles. The van der Waals surface area contributed by atoms with Gasteiger partial charge in [0.15, 0.2) is 9.99 Å². The maximum Gasteiger partial charge on any atom is 0.325 e. The van der Waals surface area contributed by atoms with Crippen molar-refractivity contribution in [1.29, 1.82) is 0 Å². The molecule has 0 aliphatic rings. The van der Waals surface area contributed by atoms with Gasteiger partial charge in [-0.2, -0.15) is 0 Å². The summed E-state index contributed by atoms with van der Waals surface area (Å²) in [5, 5.41) is 13.9. The Morgan fingerprint density at radius 2 is 2.10 bits per heavy atom. The molecule has 0 unspecified atom stereocenters. The molecule has 2 amide bonds. The van der Waals surface area contributed by atoms with Crippen LogP contribution in [0.4, 0.5) is 15.6 Å². The fourth-order valence-corrected chi connectivity index (χ4v) is 4.66. The summed E-state index contributed by atoms with van der Waals surface area (Å²) in [6.07, 6.45) is 1.97. The van der Waals surface area contributed by atoms with Crippen molar-refractivity contribution < 1.29 is 9.32 Å². The maximum absolute atomic E-state index is 12.2. The first kappa shape index (κ1) is 20.4. The number of hydrogen-bond donors (Lipinski definition) is 2. The normalized spacial score (nSPS) is 11.0. The number of urea groups is 1. The molecule has 12 heteroatoms. The number of aryl methyl sites for hydroxylation is 1. The van der Waals surface area contributed by atoms with E-state index >= 15 is 0 Å². The summed E-state index contributed by atoms with van der Waals surface area (Å²) in [7, 11) is 0. The molecular formula is C18H16N6O3S3. The van der Waals surface area contributed by atoms with Gasteiger partial charge >= 0.3 is 6.03 Å². The molecule has 9 nitrogen and oxygen atoms in total. The first-order valence-corrected chi connectivity index (χ1v) is 11.7. The van der Waals surface area contributed by atoms with Crippen LogP contribution in [0.3, 0.4) is 0 Å². The zero-order valence-electron chi connectivity index (χ0n) is 15.9. The van der Waals surface area contributed by atoms with E-state index in [1.807, 2.05) is 30.5 Å². The first-order chi connectivity index (χ1) is 14.5. The molecule has 2 N–H and O–H groups in total. The van der Waals surface area contributed by atoms with E-state index < -0.39 is 6.03 Å². The number of carbonyl (C=O) groups is 1. The van der Waals surface area contributed by atoms with Crippen LogP contribution in [0.15, 0.2) is 55.0 Å². The highest BCUT2D eigenvalue weighted by atomic mass is 32.2. The van der Waals surface area contributed by atoms with Gasteiger partial charge in [-0.3, -0.25) is 10.1 Å². The summed E-state index contributed by atoms with van der Waals surface area (Å²) in [4.78, 5) is 29.7. The van der Waals surface area contributed by atoms with Crippen molar-refractivity contribution in [3.05, 3.63) is 58.2 Å². The standard InChI is InChI=1S/C18H16N6O3S3/c1-10-6-14-19-12(8-15(25)24(14)27-10)9-29-18-23-22-17(30-18)21-16(26)20-11-4-3-5-13(7-11)28-2/h3-8H,9H2,1-2H3,(H2,20,21,22,26). The van der Waals surface area contributed by atoms with Crippen LogP contribution in [0.5, 0.6) is 0 Å². The monoisotopic (exact) mass is 460 g/mol. The number of anilines is 2. The highest BCUT2D eigenvalue weighted by Crippen LogP contribution is 2.28. The Bertz CT molecular complexity index is 1270. The highest BCUT2D eigenvalue weighted by Gasteiger charge is 2.11. The van der Waals surface area contributed by atoms with Crippen molar-refractivity contribution in [3.63, 3.8) is 0 Å². The molecule has 30 heavy (non-hydrogen) atoms. The van der Waals surface area contributed by atoms with Crippen LogP contribution < -0.4 is 16.2 Å². The van der Waals surface area contributed by atoms with Crippen LogP contribution >= 0.6 is 34.9 Å². The Morgan fingerprint density at radius 1 is 1.23 bits per heavy atom. The zero-order chi connectivity index (χ0) is 21.1. The largest absolute Gasteiger partial charge is 0.375 e. The average Bonchev–Trinajstić information content (AvgIpc) is 3.32. The second-order valence-corrected chi connectivity index (χ2v) is 9.14. The minimum atomic E-state index is -0.392. The molecule has 0 saturated carbocycles. The molecule has 154 valence electrons. The number of rotatable bonds is 6. The number of aromatic nitrogens is 4. The highest BCUT2D eigenvalue weighted by molar-refractivity contribution is 8.00. The van der Waals surface area contributed by atoms with Crippen molar-refractivity contribution >= 4 is 57.4 Å². The van der Waals surface area contributed by atoms with Gasteiger partial charge in [0.2, 0.25) is 5.13 Å². The van der Waals surface area contributed by atoms with Gasteiger partial charge in [-0.25, -0.2) is 9.78 Å². The summed E-state index contributed by atoms with van der Waals surface area (Å²) < 4.78 is 7.09. The number of hydrogen-bond acceptors (Lipinski definition) is 9. The predicted molar refractivity (Wildman–Crippen MR) is 119 cm³/mol. The minimum Gasteiger partial charge on any atom is -0.375 e. The molecular weight excluding hydrogens is 444 g/mol. The fraction of sp³-hybridized carbons (Fsp3) is 0.167. The topological polar surface area (TPSA) is 114 Å². The molecule has 0 spiro atoms. The number of amides is 2. The summed E-state index contributed by atoms with van der Waals surface area (Å²) >= 11 is 4.23. The number of carbonyl (C=O) groups excluding carboxylic acids is 1. The van der Waals surface area contributed by atoms with Gasteiger partial charge in [-0.1, -0.05) is 29.2 Å². The SMILES string of the molecule is CSc1cccc(NC(=O)Nc2nnc(SCc3cc(=O)n4oc(C)cc4n3)s2)c1. The van der Waals surface area contributed by atoms with Crippen molar-refractivity contribution in [3.8, 4) is 0 Å². The van der Waals surface area contributed by atoms with Crippen molar-refractivity contribution in [1.82, 2.24) is 19.8 Å². The number of nitrogens with one attached hydrogen (secondary N) is 2. The van der Waals surface area contributed by atoms with E-state index in [4.69, 9.17) is 4.52 Å². The third kappa shape index (κ3) is 4.83. The average molecular weight is 461 g/mol. The molecule has 3 aromatic heterocycles. The van der Waals surface area contributed by atoms with Crippen molar-refractivity contribution in [2.45, 2.75) is 21.9 Å². The Morgan fingerprint density at radius 3 is 2.93 bits per heavy atom. The quantitative estimate of drug-likeness (QED) is 0.326. The van der Waals surface area contributed by atoms with Gasteiger partial charge in [0.05, 0.1) is 5.69 Å². The maximum atomic E-state index is 12.2. The lowest BCUT2D eigenvalue weighted by molar-refractivity contribution is 0.262. The second-order valence-electron chi connectivity index (χ2n) is 6.06. The van der Waals surface area contributed by atoms with E-state index in [-0.39, 0.29) is 5.56 Å². The van der Waals surface area contributed by atoms with Gasteiger partial charge in [0, 0.05) is 28.5 Å². The van der Waals surface area contributed by atoms with Crippen LogP contribution in [-0.4, -0.2) is 32.0 Å². The fourth-order valence-electron chi connectivity index (χ4n) is 2.56. The molecule has 1 aromatic carbocycles. The Kier molecular flexibility index (Phi) is 6.06. The minimum absolute atomic E-state index is 0.273. The van der Waals surface area contributed by atoms with Crippen molar-refractivity contribution in [2.75, 3.05) is 16.9 Å². The number of nitrogens with zero attached hydrogens (tertiary/aromatic N) is 4. The number of fused-ring (bicyclic) bond motifs is 1. The van der Waals surface area contributed by atoms with Crippen LogP contribution in [0.25, 0.3) is 5.65 Å². The van der Waals surface area contributed by atoms with E-state index in [1.54, 1.807) is 24.8 Å². The lowest BCUT2D eigenvalue weighted by Gasteiger charge is -2.06. The molecule has 0 aliphatic heterocycles. The summed E-state index contributed by atoms with van der Waals surface area (Å²) in [6, 6.07) is 10.3. The molecule has 0 atom stereocenters. The molecule has 0 fully saturated rings. The molecule has 0 aliphatic carbocycles. The third-order valence-corrected chi connectivity index (χ3v) is 6.55. The summed E-state index contributed by atoms with van der Waals surface area (Å²) in [5.74, 6) is 1.06. The van der Waals surface area contributed by atoms with Gasteiger partial charge in [-0.15, -0.1) is 26.5 Å². The van der Waals surface area contributed by atoms with E-state index in [9.17, 15) is 9.59 Å². The smallest absolute Gasteiger partial charge is 0.325 e. The lowest BCUT2D eigenvalue weighted by Crippen LogP contribution is -2.19. The molecule has 0 radical (unpaired) electrons. The van der Waals surface area contributed by atoms with Crippen LogP contribution in [0.1, 0.15) is 11.5 Å². The van der Waals surface area contributed by atoms with E-state index in [0.717, 1.165) is 9.47 Å². The molecule has 4 rings (SSSR count). The molecule has 3 heterocycles. The molecule has 0 bridgehead atoms. The van der Waals surface area contributed by atoms with Gasteiger partial charge in [-0.05, 0) is 31.4 Å². The van der Waals surface area contributed by atoms with Gasteiger partial charge in [0.1, 0.15) is 5.76 Å². The van der Waals surface area contributed by atoms with Crippen LogP contribution in [0, 0.1) is 6.92 Å². The Labute approximate surface area is 183 Å². The number of thioether (sulfide) groups is 2. The zero-order valence-corrected chi connectivity index (χ0v) is 18.4. The first-order valence-electron chi connectivity index (χ1n) is 8.68. The Balaban J connectivity index is 1.36. The third-order valence-electron chi connectivity index (χ3n) is 3.82. The Hall–Kier alpha value is -2.83. The summed E-state index contributed by atoms with van der Waals surface area (Å²) in [6.45, 7) is 1.76. The second kappa shape index (κ2) is 8.90. The van der Waals surface area contributed by atoms with Gasteiger partial charge < -0.3 is 9.84 Å². The van der Waals surface area contributed by atoms with Crippen LogP contribution in [0.2, 0.25) is 0 Å². The van der Waals surface area contributed by atoms with Crippen molar-refractivity contribution in [2.24, 2.45) is 0 Å². The van der Waals surface area contributed by atoms with E-state index in [2.05, 4.69) is 25.8 Å². The van der Waals surface area contributed by atoms with Gasteiger partial charge in [0.25, 0.3) is 5.56 Å². The lowest BCUT2D eigenvalue weighted by atomic mass is 10.3.